The van der Waals surface area contributed by atoms with Crippen LogP contribution in [0.1, 0.15) is 38.4 Å². The fraction of sp³-hybridized carbons (Fsp3) is 0.562. The average Bonchev–Trinajstić information content (AvgIpc) is 2.51. The maximum atomic E-state index is 12.3. The number of hydrogen-bond acceptors (Lipinski definition) is 7. The van der Waals surface area contributed by atoms with Gasteiger partial charge in [-0.2, -0.15) is 16.9 Å². The molecule has 0 aliphatic carbocycles. The number of hydrogen-bond donors (Lipinski definition) is 4. The lowest BCUT2D eigenvalue weighted by Crippen LogP contribution is -2.47. The molecule has 0 saturated carbocycles. The number of nitrogens with one attached hydrogen (secondary N) is 4. The first-order valence-electron chi connectivity index (χ1n) is 8.18. The van der Waals surface area contributed by atoms with Gasteiger partial charge in [-0.15, -0.1) is 0 Å². The molecule has 0 fully saturated rings. The molecule has 150 valence electrons. The largest absolute Gasteiger partial charge is 0.444 e. The highest BCUT2D eigenvalue weighted by Gasteiger charge is 2.23. The molecular weight excluding hydrogens is 374 g/mol. The van der Waals surface area contributed by atoms with Crippen molar-refractivity contribution in [2.45, 2.75) is 45.8 Å². The molecule has 0 aromatic carbocycles. The Morgan fingerprint density at radius 3 is 2.52 bits per heavy atom. The fourth-order valence-corrected chi connectivity index (χ4v) is 2.43. The summed E-state index contributed by atoms with van der Waals surface area (Å²) in [6.07, 6.45) is 2.67. The second-order valence-electron chi connectivity index (χ2n) is 6.66. The first-order valence-corrected chi connectivity index (χ1v) is 9.57. The summed E-state index contributed by atoms with van der Waals surface area (Å²) in [5, 5.41) is 6.25. The van der Waals surface area contributed by atoms with Crippen molar-refractivity contribution in [3.8, 4) is 0 Å². The van der Waals surface area contributed by atoms with E-state index in [2.05, 4.69) is 25.8 Å². The van der Waals surface area contributed by atoms with Crippen molar-refractivity contribution in [1.82, 2.24) is 20.7 Å². The van der Waals surface area contributed by atoms with Crippen LogP contribution in [0.15, 0.2) is 14.7 Å². The predicted molar refractivity (Wildman–Crippen MR) is 104 cm³/mol. The topological polar surface area (TPSA) is 146 Å². The highest BCUT2D eigenvalue weighted by Crippen LogP contribution is 2.08. The molecule has 0 radical (unpaired) electrons. The van der Waals surface area contributed by atoms with E-state index in [1.165, 1.54) is 18.7 Å². The molecule has 10 nitrogen and oxygen atoms in total. The number of carbonyl (C=O) groups is 2. The molecule has 1 atom stereocenters. The van der Waals surface area contributed by atoms with Crippen molar-refractivity contribution in [2.24, 2.45) is 5.10 Å². The summed E-state index contributed by atoms with van der Waals surface area (Å²) < 4.78 is 5.16. The van der Waals surface area contributed by atoms with Crippen LogP contribution in [-0.2, 0) is 9.53 Å². The van der Waals surface area contributed by atoms with E-state index in [4.69, 9.17) is 4.74 Å². The molecule has 0 saturated heterocycles. The van der Waals surface area contributed by atoms with Gasteiger partial charge in [-0.25, -0.2) is 15.0 Å². The normalized spacial score (nSPS) is 12.6. The highest BCUT2D eigenvalue weighted by atomic mass is 32.2. The number of rotatable bonds is 7. The number of aryl methyl sites for hydroxylation is 1. The molecule has 4 N–H and O–H groups in total. The van der Waals surface area contributed by atoms with Gasteiger partial charge in [0.15, 0.2) is 0 Å². The summed E-state index contributed by atoms with van der Waals surface area (Å²) in [4.78, 5) is 51.6. The third kappa shape index (κ3) is 8.11. The van der Waals surface area contributed by atoms with E-state index in [1.54, 1.807) is 20.8 Å². The smallest absolute Gasteiger partial charge is 0.408 e. The Labute approximate surface area is 160 Å². The summed E-state index contributed by atoms with van der Waals surface area (Å²) in [5.74, 6) is 0.0840. The molecule has 1 heterocycles. The number of hydrazone groups is 1. The number of H-pyrrole nitrogens is 2. The van der Waals surface area contributed by atoms with Crippen molar-refractivity contribution < 1.29 is 14.3 Å². The van der Waals surface area contributed by atoms with Gasteiger partial charge in [0.25, 0.3) is 11.5 Å². The van der Waals surface area contributed by atoms with Gasteiger partial charge in [-0.1, -0.05) is 0 Å². The molecule has 1 rings (SSSR count). The third-order valence-electron chi connectivity index (χ3n) is 3.16. The summed E-state index contributed by atoms with van der Waals surface area (Å²) in [5.41, 5.74) is 0.762. The molecule has 2 amide bonds. The maximum Gasteiger partial charge on any atom is 0.408 e. The van der Waals surface area contributed by atoms with Crippen molar-refractivity contribution in [2.75, 3.05) is 12.0 Å². The molecule has 0 aliphatic rings. The van der Waals surface area contributed by atoms with E-state index in [1.807, 2.05) is 6.26 Å². The molecule has 27 heavy (non-hydrogen) atoms. The van der Waals surface area contributed by atoms with Crippen molar-refractivity contribution in [3.05, 3.63) is 32.1 Å². The Hall–Kier alpha value is -2.56. The molecular formula is C16H25N5O5S. The minimum absolute atomic E-state index is 0.107. The van der Waals surface area contributed by atoms with Gasteiger partial charge in [0.05, 0.1) is 11.8 Å². The van der Waals surface area contributed by atoms with Crippen LogP contribution in [0.5, 0.6) is 0 Å². The van der Waals surface area contributed by atoms with Crippen LogP contribution in [0.4, 0.5) is 4.79 Å². The van der Waals surface area contributed by atoms with Crippen molar-refractivity contribution >= 4 is 30.0 Å². The van der Waals surface area contributed by atoms with Crippen LogP contribution < -0.4 is 22.0 Å². The van der Waals surface area contributed by atoms with Crippen LogP contribution in [0.2, 0.25) is 0 Å². The number of amides is 2. The molecule has 0 unspecified atom stereocenters. The zero-order valence-electron chi connectivity index (χ0n) is 16.0. The van der Waals surface area contributed by atoms with E-state index in [0.29, 0.717) is 17.9 Å². The Bertz CT molecular complexity index is 809. The van der Waals surface area contributed by atoms with E-state index in [9.17, 15) is 19.2 Å². The van der Waals surface area contributed by atoms with Crippen molar-refractivity contribution in [3.63, 3.8) is 0 Å². The lowest BCUT2D eigenvalue weighted by molar-refractivity contribution is -0.123. The number of nitrogens with zero attached hydrogens (tertiary/aromatic N) is 1. The van der Waals surface area contributed by atoms with Gasteiger partial charge in [0.2, 0.25) is 0 Å². The fourth-order valence-electron chi connectivity index (χ4n) is 1.96. The summed E-state index contributed by atoms with van der Waals surface area (Å²) in [6.45, 7) is 6.69. The summed E-state index contributed by atoms with van der Waals surface area (Å²) in [7, 11) is 0. The zero-order valence-corrected chi connectivity index (χ0v) is 16.8. The Morgan fingerprint density at radius 1 is 1.30 bits per heavy atom. The minimum atomic E-state index is -0.848. The van der Waals surface area contributed by atoms with Crippen LogP contribution in [0.25, 0.3) is 0 Å². The maximum absolute atomic E-state index is 12.3. The first kappa shape index (κ1) is 22.5. The highest BCUT2D eigenvalue weighted by molar-refractivity contribution is 7.98. The molecule has 1 aromatic heterocycles. The lowest BCUT2D eigenvalue weighted by atomic mass is 10.2. The second-order valence-corrected chi connectivity index (χ2v) is 7.65. The third-order valence-corrected chi connectivity index (χ3v) is 3.81. The van der Waals surface area contributed by atoms with E-state index in [-0.39, 0.29) is 5.56 Å². The molecule has 0 bridgehead atoms. The van der Waals surface area contributed by atoms with Gasteiger partial charge in [0.1, 0.15) is 11.6 Å². The Morgan fingerprint density at radius 2 is 1.96 bits per heavy atom. The second kappa shape index (κ2) is 9.95. The Kier molecular flexibility index (Phi) is 8.29. The van der Waals surface area contributed by atoms with Crippen LogP contribution in [-0.4, -0.2) is 51.8 Å². The van der Waals surface area contributed by atoms with E-state index in [0.717, 1.165) is 6.21 Å². The lowest BCUT2D eigenvalue weighted by Gasteiger charge is -2.22. The van der Waals surface area contributed by atoms with Gasteiger partial charge in [-0.05, 0) is 46.1 Å². The number of carbonyl (C=O) groups excluding carboxylic acids is 2. The number of aromatic nitrogens is 2. The standard InChI is InChI=1S/C16H25N5O5S/c1-9-10(12(22)20-14(24)18-9)8-17-21-13(23)11(6-7-27-5)19-15(25)26-16(2,3)4/h8,11H,6-7H2,1-5H3,(H,19,25)(H,21,23)(H2,18,20,22,24)/t11-/m0/s1. The van der Waals surface area contributed by atoms with E-state index >= 15 is 0 Å². The van der Waals surface area contributed by atoms with Crippen LogP contribution in [0, 0.1) is 6.92 Å². The number of thioether (sulfide) groups is 1. The minimum Gasteiger partial charge on any atom is -0.444 e. The quantitative estimate of drug-likeness (QED) is 0.387. The number of alkyl carbamates (subject to hydrolysis) is 1. The zero-order chi connectivity index (χ0) is 20.6. The summed E-state index contributed by atoms with van der Waals surface area (Å²) in [6, 6.07) is -0.848. The average molecular weight is 399 g/mol. The van der Waals surface area contributed by atoms with Crippen LogP contribution in [0.3, 0.4) is 0 Å². The van der Waals surface area contributed by atoms with Crippen LogP contribution >= 0.6 is 11.8 Å². The molecule has 11 heteroatoms. The number of ether oxygens (including phenoxy) is 1. The van der Waals surface area contributed by atoms with Crippen molar-refractivity contribution in [1.29, 1.82) is 0 Å². The van der Waals surface area contributed by atoms with E-state index < -0.39 is 34.9 Å². The molecule has 1 aromatic rings. The predicted octanol–water partition coefficient (Wildman–Crippen LogP) is 0.468. The molecule has 0 spiro atoms. The molecule has 0 aliphatic heterocycles. The van der Waals surface area contributed by atoms with Gasteiger partial charge >= 0.3 is 11.8 Å². The SMILES string of the molecule is CSCC[C@H](NC(=O)OC(C)(C)C)C(=O)NN=Cc1c(C)[nH]c(=O)[nH]c1=O. The first-order chi connectivity index (χ1) is 12.5. The Balaban J connectivity index is 2.80. The number of aromatic amines is 2. The van der Waals surface area contributed by atoms with Gasteiger partial charge < -0.3 is 15.0 Å². The van der Waals surface area contributed by atoms with Gasteiger partial charge in [-0.3, -0.25) is 14.6 Å². The monoisotopic (exact) mass is 399 g/mol. The van der Waals surface area contributed by atoms with Gasteiger partial charge in [0, 0.05) is 5.69 Å². The summed E-state index contributed by atoms with van der Waals surface area (Å²) >= 11 is 1.52.